The molecule has 0 aromatic rings. The molecule has 1 saturated carbocycles. The topological polar surface area (TPSA) is 0 Å². The second-order valence-corrected chi connectivity index (χ2v) is 7.55. The smallest absolute Gasteiger partial charge is 0.000286 e. The lowest BCUT2D eigenvalue weighted by atomic mass is 9.71. The van der Waals surface area contributed by atoms with Crippen LogP contribution in [-0.2, 0) is 0 Å². The third kappa shape index (κ3) is 4.95. The Labute approximate surface area is 106 Å². The van der Waals surface area contributed by atoms with Crippen molar-refractivity contribution in [2.75, 3.05) is 5.75 Å². The third-order valence-corrected chi connectivity index (χ3v) is 4.89. The molecule has 0 heterocycles. The molecule has 1 rings (SSSR count). The average Bonchev–Trinajstić information content (AvgIpc) is 2.16. The van der Waals surface area contributed by atoms with Crippen LogP contribution in [0.4, 0.5) is 0 Å². The molecule has 0 nitrogen and oxygen atoms in total. The van der Waals surface area contributed by atoms with Crippen LogP contribution in [0.25, 0.3) is 0 Å². The number of rotatable bonds is 3. The van der Waals surface area contributed by atoms with Crippen LogP contribution in [-0.4, -0.2) is 5.75 Å². The van der Waals surface area contributed by atoms with Gasteiger partial charge in [-0.2, -0.15) is 0 Å². The van der Waals surface area contributed by atoms with Crippen LogP contribution >= 0.6 is 11.8 Å². The Hall–Kier alpha value is 0.0900. The van der Waals surface area contributed by atoms with Gasteiger partial charge in [-0.25, -0.2) is 0 Å². The molecule has 0 spiro atoms. The van der Waals surface area contributed by atoms with E-state index in [2.05, 4.69) is 40.0 Å². The predicted octanol–water partition coefficient (Wildman–Crippen LogP) is 5.50. The maximum atomic E-state index is 2.44. The number of hydrogen-bond acceptors (Lipinski definition) is 1. The first kappa shape index (κ1) is 14.2. The highest BCUT2D eigenvalue weighted by Gasteiger charge is 2.27. The second-order valence-electron chi connectivity index (χ2n) is 6.64. The van der Waals surface area contributed by atoms with E-state index in [1.165, 1.54) is 31.4 Å². The van der Waals surface area contributed by atoms with Gasteiger partial charge in [0.1, 0.15) is 0 Å². The van der Waals surface area contributed by atoms with Gasteiger partial charge in [0, 0.05) is 0 Å². The first-order valence-corrected chi connectivity index (χ1v) is 7.74. The molecule has 0 radical (unpaired) electrons. The van der Waals surface area contributed by atoms with E-state index in [9.17, 15) is 0 Å². The normalized spacial score (nSPS) is 22.6. The quantitative estimate of drug-likeness (QED) is 0.628. The summed E-state index contributed by atoms with van der Waals surface area (Å²) in [4.78, 5) is 0. The van der Waals surface area contributed by atoms with Gasteiger partial charge in [0.15, 0.2) is 0 Å². The molecule has 0 unspecified atom stereocenters. The summed E-state index contributed by atoms with van der Waals surface area (Å²) in [5.74, 6) is 3.01. The highest BCUT2D eigenvalue weighted by molar-refractivity contribution is 8.02. The molecule has 0 N–H and O–H groups in total. The molecule has 0 bridgehead atoms. The van der Waals surface area contributed by atoms with Gasteiger partial charge < -0.3 is 0 Å². The lowest BCUT2D eigenvalue weighted by Gasteiger charge is -2.34. The summed E-state index contributed by atoms with van der Waals surface area (Å²) in [5, 5.41) is 2.44. The Morgan fingerprint density at radius 1 is 1.25 bits per heavy atom. The van der Waals surface area contributed by atoms with Crippen molar-refractivity contribution in [2.45, 2.75) is 60.3 Å². The largest absolute Gasteiger partial charge is 0.134 e. The van der Waals surface area contributed by atoms with Gasteiger partial charge >= 0.3 is 0 Å². The third-order valence-electron chi connectivity index (χ3n) is 3.53. The SMILES string of the molecule is CC(C)CSC=C1CCC(C(C)(C)C)CC1. The van der Waals surface area contributed by atoms with E-state index in [0.29, 0.717) is 5.41 Å². The lowest BCUT2D eigenvalue weighted by molar-refractivity contribution is 0.197. The zero-order valence-electron chi connectivity index (χ0n) is 11.7. The zero-order valence-corrected chi connectivity index (χ0v) is 12.5. The Kier molecular flexibility index (Phi) is 5.43. The van der Waals surface area contributed by atoms with Crippen molar-refractivity contribution in [3.63, 3.8) is 0 Å². The number of allylic oxidation sites excluding steroid dienone is 1. The first-order chi connectivity index (χ1) is 7.39. The fraction of sp³-hybridized carbons (Fsp3) is 0.867. The van der Waals surface area contributed by atoms with E-state index in [1.807, 2.05) is 11.8 Å². The van der Waals surface area contributed by atoms with Crippen LogP contribution in [0.3, 0.4) is 0 Å². The van der Waals surface area contributed by atoms with Gasteiger partial charge in [-0.05, 0) is 54.1 Å². The average molecular weight is 240 g/mol. The van der Waals surface area contributed by atoms with Gasteiger partial charge in [0.25, 0.3) is 0 Å². The Morgan fingerprint density at radius 3 is 2.25 bits per heavy atom. The molecule has 0 atom stereocenters. The summed E-state index contributed by atoms with van der Waals surface area (Å²) in [5.41, 5.74) is 2.21. The monoisotopic (exact) mass is 240 g/mol. The molecule has 0 aromatic heterocycles. The van der Waals surface area contributed by atoms with Crippen LogP contribution in [0.2, 0.25) is 0 Å². The standard InChI is InChI=1S/C15H28S/c1-12(2)10-16-11-13-6-8-14(9-7-13)15(3,4)5/h11-12,14H,6-10H2,1-5H3. The summed E-state index contributed by atoms with van der Waals surface area (Å²) in [6.07, 6.45) is 5.48. The van der Waals surface area contributed by atoms with E-state index >= 15 is 0 Å². The maximum absolute atomic E-state index is 2.44. The van der Waals surface area contributed by atoms with Crippen LogP contribution in [0, 0.1) is 17.3 Å². The number of hydrogen-bond donors (Lipinski definition) is 0. The summed E-state index contributed by atoms with van der Waals surface area (Å²) in [7, 11) is 0. The van der Waals surface area contributed by atoms with Crippen LogP contribution < -0.4 is 0 Å². The minimum absolute atomic E-state index is 0.511. The van der Waals surface area contributed by atoms with E-state index in [-0.39, 0.29) is 0 Å². The van der Waals surface area contributed by atoms with Gasteiger partial charge in [-0.3, -0.25) is 0 Å². The van der Waals surface area contributed by atoms with Gasteiger partial charge in [0.2, 0.25) is 0 Å². The lowest BCUT2D eigenvalue weighted by Crippen LogP contribution is -2.23. The minimum atomic E-state index is 0.511. The summed E-state index contributed by atoms with van der Waals surface area (Å²) in [6.45, 7) is 11.8. The molecule has 0 aromatic carbocycles. The van der Waals surface area contributed by atoms with Crippen LogP contribution in [0.15, 0.2) is 11.0 Å². The summed E-state index contributed by atoms with van der Waals surface area (Å²) >= 11 is 2.01. The van der Waals surface area contributed by atoms with E-state index in [1.54, 1.807) is 5.57 Å². The molecule has 1 fully saturated rings. The molecule has 1 aliphatic rings. The minimum Gasteiger partial charge on any atom is -0.134 e. The van der Waals surface area contributed by atoms with Crippen LogP contribution in [0.1, 0.15) is 60.3 Å². The fourth-order valence-electron chi connectivity index (χ4n) is 2.33. The molecule has 0 saturated heterocycles. The van der Waals surface area contributed by atoms with Gasteiger partial charge in [0.05, 0.1) is 0 Å². The molecule has 94 valence electrons. The van der Waals surface area contributed by atoms with Crippen molar-refractivity contribution >= 4 is 11.8 Å². The second kappa shape index (κ2) is 6.14. The first-order valence-electron chi connectivity index (χ1n) is 6.69. The molecule has 0 aliphatic heterocycles. The van der Waals surface area contributed by atoms with E-state index in [0.717, 1.165) is 11.8 Å². The Balaban J connectivity index is 2.32. The highest BCUT2D eigenvalue weighted by atomic mass is 32.2. The Morgan fingerprint density at radius 2 is 1.81 bits per heavy atom. The molecule has 0 amide bonds. The van der Waals surface area contributed by atoms with Crippen molar-refractivity contribution in [1.29, 1.82) is 0 Å². The maximum Gasteiger partial charge on any atom is -0.000286 e. The molecule has 1 heteroatoms. The van der Waals surface area contributed by atoms with E-state index in [4.69, 9.17) is 0 Å². The predicted molar refractivity (Wildman–Crippen MR) is 76.8 cm³/mol. The number of thioether (sulfide) groups is 1. The van der Waals surface area contributed by atoms with Crippen LogP contribution in [0.5, 0.6) is 0 Å². The van der Waals surface area contributed by atoms with Crippen molar-refractivity contribution in [1.82, 2.24) is 0 Å². The molecular formula is C15H28S. The van der Waals surface area contributed by atoms with Gasteiger partial charge in [-0.1, -0.05) is 40.2 Å². The van der Waals surface area contributed by atoms with Gasteiger partial charge in [-0.15, -0.1) is 11.8 Å². The van der Waals surface area contributed by atoms with Crippen molar-refractivity contribution in [3.8, 4) is 0 Å². The van der Waals surface area contributed by atoms with E-state index < -0.39 is 0 Å². The van der Waals surface area contributed by atoms with Crippen molar-refractivity contribution in [2.24, 2.45) is 17.3 Å². The molecule has 16 heavy (non-hydrogen) atoms. The molecule has 1 aliphatic carbocycles. The highest BCUT2D eigenvalue weighted by Crippen LogP contribution is 2.40. The summed E-state index contributed by atoms with van der Waals surface area (Å²) < 4.78 is 0. The zero-order chi connectivity index (χ0) is 12.2. The Bertz CT molecular complexity index is 222. The fourth-order valence-corrected chi connectivity index (χ4v) is 3.28. The molecular weight excluding hydrogens is 212 g/mol. The summed E-state index contributed by atoms with van der Waals surface area (Å²) in [6, 6.07) is 0. The van der Waals surface area contributed by atoms with Crippen molar-refractivity contribution in [3.05, 3.63) is 11.0 Å². The van der Waals surface area contributed by atoms with Crippen molar-refractivity contribution < 1.29 is 0 Å².